The predicted molar refractivity (Wildman–Crippen MR) is 73.7 cm³/mol. The van der Waals surface area contributed by atoms with Crippen LogP contribution in [0.25, 0.3) is 0 Å². The van der Waals surface area contributed by atoms with Gasteiger partial charge in [-0.1, -0.05) is 0 Å². The minimum Gasteiger partial charge on any atom is -0.372 e. The maximum Gasteiger partial charge on any atom is 0.277 e. The number of carbonyl (C=O) groups excluding carboxylic acids is 1. The third-order valence-electron chi connectivity index (χ3n) is 2.94. The number of nitrogens with one attached hydrogen (secondary N) is 2. The highest BCUT2D eigenvalue weighted by Crippen LogP contribution is 2.30. The lowest BCUT2D eigenvalue weighted by Gasteiger charge is -2.03. The normalized spacial score (nSPS) is 13.1. The highest BCUT2D eigenvalue weighted by atomic mass is 32.1. The molecule has 2 heterocycles. The largest absolute Gasteiger partial charge is 0.372 e. The Morgan fingerprint density at radius 2 is 2.21 bits per heavy atom. The summed E-state index contributed by atoms with van der Waals surface area (Å²) >= 11 is 1.55. The van der Waals surface area contributed by atoms with Crippen LogP contribution in [0.5, 0.6) is 0 Å². The molecule has 0 radical (unpaired) electrons. The van der Waals surface area contributed by atoms with Gasteiger partial charge in [-0.3, -0.25) is 15.1 Å². The zero-order valence-corrected chi connectivity index (χ0v) is 11.3. The van der Waals surface area contributed by atoms with Gasteiger partial charge in [-0.15, -0.1) is 11.3 Å². The van der Waals surface area contributed by atoms with E-state index >= 15 is 0 Å². The van der Waals surface area contributed by atoms with Crippen LogP contribution in [0, 0.1) is 0 Å². The molecule has 0 saturated carbocycles. The number of amides is 1. The number of rotatable bonds is 3. The maximum absolute atomic E-state index is 12.0. The Morgan fingerprint density at radius 1 is 1.32 bits per heavy atom. The van der Waals surface area contributed by atoms with Crippen LogP contribution in [0.4, 0.5) is 10.9 Å². The number of thiazole rings is 1. The average molecular weight is 275 g/mol. The standard InChI is InChI=1S/C12H13N5OS/c1-13-10-6-14-5-8(15-10)11(18)17-12-16-7-3-2-4-9(7)19-12/h5-6H,2-4H2,1H3,(H,13,15)(H,16,17,18). The maximum atomic E-state index is 12.0. The summed E-state index contributed by atoms with van der Waals surface area (Å²) in [6.45, 7) is 0. The van der Waals surface area contributed by atoms with Gasteiger partial charge in [0, 0.05) is 11.9 Å². The number of hydrogen-bond donors (Lipinski definition) is 2. The summed E-state index contributed by atoms with van der Waals surface area (Å²) < 4.78 is 0. The second kappa shape index (κ2) is 4.93. The van der Waals surface area contributed by atoms with Crippen LogP contribution >= 0.6 is 11.3 Å². The third kappa shape index (κ3) is 2.41. The molecule has 2 aromatic heterocycles. The van der Waals surface area contributed by atoms with E-state index in [2.05, 4.69) is 25.6 Å². The van der Waals surface area contributed by atoms with Crippen LogP contribution in [0.1, 0.15) is 27.5 Å². The fraction of sp³-hybridized carbons (Fsp3) is 0.333. The molecule has 6 nitrogen and oxygen atoms in total. The van der Waals surface area contributed by atoms with Crippen molar-refractivity contribution in [1.29, 1.82) is 0 Å². The third-order valence-corrected chi connectivity index (χ3v) is 4.01. The number of hydrogen-bond acceptors (Lipinski definition) is 6. The van der Waals surface area contributed by atoms with Crippen molar-refractivity contribution in [3.8, 4) is 0 Å². The van der Waals surface area contributed by atoms with E-state index in [1.165, 1.54) is 11.1 Å². The Morgan fingerprint density at radius 3 is 3.00 bits per heavy atom. The van der Waals surface area contributed by atoms with E-state index in [1.807, 2.05) is 0 Å². The summed E-state index contributed by atoms with van der Waals surface area (Å²) in [6, 6.07) is 0. The first kappa shape index (κ1) is 12.0. The second-order valence-corrected chi connectivity index (χ2v) is 5.32. The molecule has 0 unspecified atom stereocenters. The molecule has 19 heavy (non-hydrogen) atoms. The Hall–Kier alpha value is -2.02. The van der Waals surface area contributed by atoms with Crippen molar-refractivity contribution < 1.29 is 4.79 Å². The molecule has 0 bridgehead atoms. The van der Waals surface area contributed by atoms with E-state index < -0.39 is 0 Å². The quantitative estimate of drug-likeness (QED) is 0.891. The van der Waals surface area contributed by atoms with Gasteiger partial charge in [-0.25, -0.2) is 9.97 Å². The van der Waals surface area contributed by atoms with E-state index in [9.17, 15) is 4.79 Å². The number of fused-ring (bicyclic) bond motifs is 1. The number of aromatic nitrogens is 3. The molecule has 0 fully saturated rings. The molecule has 2 N–H and O–H groups in total. The Labute approximate surface area is 114 Å². The first-order valence-corrected chi connectivity index (χ1v) is 6.87. The van der Waals surface area contributed by atoms with Crippen LogP contribution < -0.4 is 10.6 Å². The first-order chi connectivity index (χ1) is 9.26. The molecule has 2 aromatic rings. The Balaban J connectivity index is 1.76. The van der Waals surface area contributed by atoms with Crippen molar-refractivity contribution in [3.05, 3.63) is 28.7 Å². The molecule has 1 amide bonds. The summed E-state index contributed by atoms with van der Waals surface area (Å²) in [5.74, 6) is 0.284. The van der Waals surface area contributed by atoms with Crippen molar-refractivity contribution in [3.63, 3.8) is 0 Å². The smallest absolute Gasteiger partial charge is 0.277 e. The van der Waals surface area contributed by atoms with Crippen molar-refractivity contribution in [2.24, 2.45) is 0 Å². The summed E-state index contributed by atoms with van der Waals surface area (Å²) in [5, 5.41) is 6.27. The van der Waals surface area contributed by atoms with E-state index in [4.69, 9.17) is 0 Å². The number of aryl methyl sites for hydroxylation is 2. The highest BCUT2D eigenvalue weighted by molar-refractivity contribution is 7.15. The second-order valence-electron chi connectivity index (χ2n) is 4.24. The van der Waals surface area contributed by atoms with E-state index in [0.29, 0.717) is 10.9 Å². The Kier molecular flexibility index (Phi) is 3.12. The predicted octanol–water partition coefficient (Wildman–Crippen LogP) is 1.72. The van der Waals surface area contributed by atoms with Gasteiger partial charge in [0.2, 0.25) is 0 Å². The van der Waals surface area contributed by atoms with Gasteiger partial charge in [0.05, 0.1) is 18.1 Å². The number of anilines is 2. The van der Waals surface area contributed by atoms with Gasteiger partial charge in [0.15, 0.2) is 5.13 Å². The van der Waals surface area contributed by atoms with Crippen molar-refractivity contribution >= 4 is 28.2 Å². The zero-order chi connectivity index (χ0) is 13.2. The van der Waals surface area contributed by atoms with Gasteiger partial charge in [0.25, 0.3) is 5.91 Å². The van der Waals surface area contributed by atoms with Crippen LogP contribution in [0.15, 0.2) is 12.4 Å². The molecule has 1 aliphatic rings. The van der Waals surface area contributed by atoms with Crippen molar-refractivity contribution in [2.75, 3.05) is 17.7 Å². The van der Waals surface area contributed by atoms with Gasteiger partial charge >= 0.3 is 0 Å². The van der Waals surface area contributed by atoms with Crippen LogP contribution in [-0.4, -0.2) is 27.9 Å². The van der Waals surface area contributed by atoms with Crippen LogP contribution in [-0.2, 0) is 12.8 Å². The van der Waals surface area contributed by atoms with Crippen molar-refractivity contribution in [2.45, 2.75) is 19.3 Å². The topological polar surface area (TPSA) is 79.8 Å². The lowest BCUT2D eigenvalue weighted by atomic mass is 10.4. The monoisotopic (exact) mass is 275 g/mol. The van der Waals surface area contributed by atoms with Gasteiger partial charge in [0.1, 0.15) is 11.5 Å². The van der Waals surface area contributed by atoms with E-state index in [0.717, 1.165) is 25.0 Å². The van der Waals surface area contributed by atoms with Gasteiger partial charge in [-0.2, -0.15) is 0 Å². The van der Waals surface area contributed by atoms with Gasteiger partial charge < -0.3 is 5.32 Å². The fourth-order valence-corrected chi connectivity index (χ4v) is 3.05. The van der Waals surface area contributed by atoms with Crippen molar-refractivity contribution in [1.82, 2.24) is 15.0 Å². The minimum absolute atomic E-state index is 0.280. The molecule has 0 saturated heterocycles. The lowest BCUT2D eigenvalue weighted by Crippen LogP contribution is -2.14. The molecule has 98 valence electrons. The average Bonchev–Trinajstić information content (AvgIpc) is 2.99. The summed E-state index contributed by atoms with van der Waals surface area (Å²) in [5.41, 5.74) is 1.40. The number of nitrogens with zero attached hydrogens (tertiary/aromatic N) is 3. The summed E-state index contributed by atoms with van der Waals surface area (Å²) in [6.07, 6.45) is 6.25. The first-order valence-electron chi connectivity index (χ1n) is 6.06. The molecular weight excluding hydrogens is 262 g/mol. The molecule has 0 aromatic carbocycles. The molecular formula is C12H13N5OS. The molecule has 0 aliphatic heterocycles. The van der Waals surface area contributed by atoms with Gasteiger partial charge in [-0.05, 0) is 19.3 Å². The molecule has 3 rings (SSSR count). The number of carbonyl (C=O) groups is 1. The molecule has 0 spiro atoms. The molecule has 1 aliphatic carbocycles. The molecule has 7 heteroatoms. The lowest BCUT2D eigenvalue weighted by molar-refractivity contribution is 0.102. The van der Waals surface area contributed by atoms with Crippen LogP contribution in [0.3, 0.4) is 0 Å². The van der Waals surface area contributed by atoms with Crippen LogP contribution in [0.2, 0.25) is 0 Å². The summed E-state index contributed by atoms with van der Waals surface area (Å²) in [7, 11) is 1.73. The van der Waals surface area contributed by atoms with E-state index in [1.54, 1.807) is 24.6 Å². The highest BCUT2D eigenvalue weighted by Gasteiger charge is 2.18. The molecule has 0 atom stereocenters. The SMILES string of the molecule is CNc1cncc(C(=O)Nc2nc3c(s2)CCC3)n1. The summed E-state index contributed by atoms with van der Waals surface area (Å²) in [4.78, 5) is 25.8. The zero-order valence-electron chi connectivity index (χ0n) is 10.4. The fourth-order valence-electron chi connectivity index (χ4n) is 2.00. The Bertz CT molecular complexity index is 603. The minimum atomic E-state index is -0.281. The van der Waals surface area contributed by atoms with E-state index in [-0.39, 0.29) is 11.6 Å².